The minimum absolute atomic E-state index is 0.0357. The van der Waals surface area contributed by atoms with E-state index in [9.17, 15) is 9.59 Å². The molecule has 2 aromatic rings. The van der Waals surface area contributed by atoms with Crippen LogP contribution in [0.25, 0.3) is 0 Å². The highest BCUT2D eigenvalue weighted by molar-refractivity contribution is 5.99. The number of ether oxygens (including phenoxy) is 2. The van der Waals surface area contributed by atoms with E-state index >= 15 is 0 Å². The summed E-state index contributed by atoms with van der Waals surface area (Å²) in [7, 11) is 3.12. The third kappa shape index (κ3) is 3.64. The molecule has 3 rings (SSSR count). The SMILES string of the molecule is COc1ccc(N2C[C@@H](NC(=O)c3ccc(C)cc3)CC2=O)cc1OC. The summed E-state index contributed by atoms with van der Waals surface area (Å²) in [5.74, 6) is 0.959. The zero-order valence-electron chi connectivity index (χ0n) is 15.1. The lowest BCUT2D eigenvalue weighted by Crippen LogP contribution is -2.37. The summed E-state index contributed by atoms with van der Waals surface area (Å²) in [5, 5.41) is 2.94. The van der Waals surface area contributed by atoms with Gasteiger partial charge >= 0.3 is 0 Å². The molecule has 1 N–H and O–H groups in total. The van der Waals surface area contributed by atoms with E-state index in [0.717, 1.165) is 11.3 Å². The summed E-state index contributed by atoms with van der Waals surface area (Å²) >= 11 is 0. The van der Waals surface area contributed by atoms with Crippen LogP contribution in [0.4, 0.5) is 5.69 Å². The lowest BCUT2D eigenvalue weighted by molar-refractivity contribution is -0.117. The van der Waals surface area contributed by atoms with E-state index in [1.807, 2.05) is 25.1 Å². The molecule has 1 aliphatic heterocycles. The molecule has 0 saturated carbocycles. The number of carbonyl (C=O) groups is 2. The Morgan fingerprint density at radius 2 is 1.77 bits per heavy atom. The van der Waals surface area contributed by atoms with Crippen molar-refractivity contribution in [2.75, 3.05) is 25.7 Å². The highest BCUT2D eigenvalue weighted by atomic mass is 16.5. The third-order valence-electron chi connectivity index (χ3n) is 4.45. The van der Waals surface area contributed by atoms with Crippen molar-refractivity contribution in [3.8, 4) is 11.5 Å². The van der Waals surface area contributed by atoms with Gasteiger partial charge in [0.25, 0.3) is 5.91 Å². The van der Waals surface area contributed by atoms with Gasteiger partial charge in [-0.05, 0) is 31.2 Å². The summed E-state index contributed by atoms with van der Waals surface area (Å²) in [4.78, 5) is 26.4. The zero-order chi connectivity index (χ0) is 18.7. The first-order valence-corrected chi connectivity index (χ1v) is 8.41. The first-order valence-electron chi connectivity index (χ1n) is 8.41. The Kier molecular flexibility index (Phi) is 5.11. The number of amides is 2. The van der Waals surface area contributed by atoms with Crippen molar-refractivity contribution in [2.24, 2.45) is 0 Å². The quantitative estimate of drug-likeness (QED) is 0.896. The van der Waals surface area contributed by atoms with Gasteiger partial charge in [0.15, 0.2) is 11.5 Å². The lowest BCUT2D eigenvalue weighted by Gasteiger charge is -2.19. The zero-order valence-corrected chi connectivity index (χ0v) is 15.1. The molecule has 1 atom stereocenters. The Labute approximate surface area is 152 Å². The molecule has 1 heterocycles. The minimum Gasteiger partial charge on any atom is -0.493 e. The van der Waals surface area contributed by atoms with Crippen LogP contribution in [0.15, 0.2) is 42.5 Å². The maximum absolute atomic E-state index is 12.4. The Morgan fingerprint density at radius 1 is 1.08 bits per heavy atom. The van der Waals surface area contributed by atoms with E-state index in [1.54, 1.807) is 43.4 Å². The van der Waals surface area contributed by atoms with Gasteiger partial charge in [0, 0.05) is 30.3 Å². The monoisotopic (exact) mass is 354 g/mol. The number of nitrogens with one attached hydrogen (secondary N) is 1. The molecule has 0 radical (unpaired) electrons. The summed E-state index contributed by atoms with van der Waals surface area (Å²) in [6.45, 7) is 2.39. The van der Waals surface area contributed by atoms with E-state index in [1.165, 1.54) is 0 Å². The smallest absolute Gasteiger partial charge is 0.251 e. The van der Waals surface area contributed by atoms with Gasteiger partial charge in [-0.2, -0.15) is 0 Å². The van der Waals surface area contributed by atoms with E-state index in [4.69, 9.17) is 9.47 Å². The highest BCUT2D eigenvalue weighted by Gasteiger charge is 2.32. The standard InChI is InChI=1S/C20H22N2O4/c1-13-4-6-14(7-5-13)20(24)21-15-10-19(23)22(12-15)16-8-9-17(25-2)18(11-16)26-3/h4-9,11,15H,10,12H2,1-3H3,(H,21,24)/t15-/m0/s1. The van der Waals surface area contributed by atoms with Gasteiger partial charge in [0.05, 0.1) is 20.3 Å². The Balaban J connectivity index is 1.70. The maximum Gasteiger partial charge on any atom is 0.251 e. The van der Waals surface area contributed by atoms with Crippen LogP contribution in [0.1, 0.15) is 22.3 Å². The van der Waals surface area contributed by atoms with Crippen LogP contribution in [0, 0.1) is 6.92 Å². The van der Waals surface area contributed by atoms with Gasteiger partial charge in [0.1, 0.15) is 0 Å². The van der Waals surface area contributed by atoms with Gasteiger partial charge in [-0.3, -0.25) is 9.59 Å². The fourth-order valence-corrected chi connectivity index (χ4v) is 3.02. The van der Waals surface area contributed by atoms with Crippen molar-refractivity contribution >= 4 is 17.5 Å². The topological polar surface area (TPSA) is 67.9 Å². The number of hydrogen-bond acceptors (Lipinski definition) is 4. The number of benzene rings is 2. The number of rotatable bonds is 5. The van der Waals surface area contributed by atoms with Crippen LogP contribution in [-0.2, 0) is 4.79 Å². The molecule has 1 saturated heterocycles. The molecule has 0 aromatic heterocycles. The summed E-state index contributed by atoms with van der Waals surface area (Å²) in [6, 6.07) is 12.5. The number of hydrogen-bond donors (Lipinski definition) is 1. The summed E-state index contributed by atoms with van der Waals surface area (Å²) < 4.78 is 10.5. The van der Waals surface area contributed by atoms with Crippen LogP contribution >= 0.6 is 0 Å². The molecular weight excluding hydrogens is 332 g/mol. The average Bonchev–Trinajstić information content (AvgIpc) is 3.01. The molecule has 2 aromatic carbocycles. The second-order valence-corrected chi connectivity index (χ2v) is 6.28. The number of carbonyl (C=O) groups excluding carboxylic acids is 2. The highest BCUT2D eigenvalue weighted by Crippen LogP contribution is 2.33. The molecule has 1 aliphatic rings. The molecule has 26 heavy (non-hydrogen) atoms. The van der Waals surface area contributed by atoms with Crippen LogP contribution in [-0.4, -0.2) is 38.6 Å². The summed E-state index contributed by atoms with van der Waals surface area (Å²) in [6.07, 6.45) is 0.270. The van der Waals surface area contributed by atoms with Gasteiger partial charge < -0.3 is 19.7 Å². The predicted molar refractivity (Wildman–Crippen MR) is 98.9 cm³/mol. The van der Waals surface area contributed by atoms with Crippen molar-refractivity contribution in [3.05, 3.63) is 53.6 Å². The van der Waals surface area contributed by atoms with Gasteiger partial charge in [-0.15, -0.1) is 0 Å². The molecule has 0 unspecified atom stereocenters. The fraction of sp³-hybridized carbons (Fsp3) is 0.300. The normalized spacial score (nSPS) is 16.5. The molecule has 136 valence electrons. The largest absolute Gasteiger partial charge is 0.493 e. The molecule has 0 spiro atoms. The minimum atomic E-state index is -0.232. The first-order chi connectivity index (χ1) is 12.5. The van der Waals surface area contributed by atoms with Crippen molar-refractivity contribution in [1.29, 1.82) is 0 Å². The van der Waals surface area contributed by atoms with Crippen molar-refractivity contribution in [3.63, 3.8) is 0 Å². The van der Waals surface area contributed by atoms with E-state index in [2.05, 4.69) is 5.32 Å². The van der Waals surface area contributed by atoms with Crippen LogP contribution in [0.2, 0.25) is 0 Å². The third-order valence-corrected chi connectivity index (χ3v) is 4.45. The number of methoxy groups -OCH3 is 2. The number of nitrogens with zero attached hydrogens (tertiary/aromatic N) is 1. The van der Waals surface area contributed by atoms with Crippen molar-refractivity contribution in [2.45, 2.75) is 19.4 Å². The van der Waals surface area contributed by atoms with Gasteiger partial charge in [-0.25, -0.2) is 0 Å². The van der Waals surface area contributed by atoms with Crippen LogP contribution in [0.3, 0.4) is 0 Å². The Bertz CT molecular complexity index is 817. The predicted octanol–water partition coefficient (Wildman–Crippen LogP) is 2.55. The Morgan fingerprint density at radius 3 is 2.42 bits per heavy atom. The first kappa shape index (κ1) is 17.8. The Hall–Kier alpha value is -3.02. The molecule has 0 bridgehead atoms. The molecule has 6 heteroatoms. The van der Waals surface area contributed by atoms with E-state index in [-0.39, 0.29) is 24.3 Å². The molecule has 2 amide bonds. The van der Waals surface area contributed by atoms with E-state index < -0.39 is 0 Å². The molecule has 0 aliphatic carbocycles. The van der Waals surface area contributed by atoms with Crippen molar-refractivity contribution < 1.29 is 19.1 Å². The fourth-order valence-electron chi connectivity index (χ4n) is 3.02. The van der Waals surface area contributed by atoms with E-state index in [0.29, 0.717) is 23.6 Å². The maximum atomic E-state index is 12.4. The van der Waals surface area contributed by atoms with Crippen LogP contribution < -0.4 is 19.7 Å². The number of aryl methyl sites for hydroxylation is 1. The second kappa shape index (κ2) is 7.47. The van der Waals surface area contributed by atoms with Gasteiger partial charge in [-0.1, -0.05) is 17.7 Å². The average molecular weight is 354 g/mol. The summed E-state index contributed by atoms with van der Waals surface area (Å²) in [5.41, 5.74) is 2.41. The number of anilines is 1. The molecular formula is C20H22N2O4. The molecule has 1 fully saturated rings. The second-order valence-electron chi connectivity index (χ2n) is 6.28. The lowest BCUT2D eigenvalue weighted by atomic mass is 10.1. The van der Waals surface area contributed by atoms with Crippen molar-refractivity contribution in [1.82, 2.24) is 5.32 Å². The van der Waals surface area contributed by atoms with Gasteiger partial charge in [0.2, 0.25) is 5.91 Å². The van der Waals surface area contributed by atoms with Crippen LogP contribution in [0.5, 0.6) is 11.5 Å². The molecule has 6 nitrogen and oxygen atoms in total.